The maximum absolute atomic E-state index is 11.6. The van der Waals surface area contributed by atoms with Crippen LogP contribution in [0.2, 0.25) is 0 Å². The Morgan fingerprint density at radius 3 is 2.33 bits per heavy atom. The molecule has 0 spiro atoms. The average molecular weight is 329 g/mol. The van der Waals surface area contributed by atoms with Crippen LogP contribution in [-0.4, -0.2) is 16.7 Å². The van der Waals surface area contributed by atoms with Crippen molar-refractivity contribution in [3.05, 3.63) is 59.4 Å². The lowest BCUT2D eigenvalue weighted by molar-refractivity contribution is 0.626. The number of H-pyrrole nitrogens is 1. The summed E-state index contributed by atoms with van der Waals surface area (Å²) in [4.78, 5) is 11.6. The fraction of sp³-hybridized carbons (Fsp3) is 0.400. The summed E-state index contributed by atoms with van der Waals surface area (Å²) >= 11 is 0. The van der Waals surface area contributed by atoms with Gasteiger partial charge in [-0.1, -0.05) is 57.0 Å². The van der Waals surface area contributed by atoms with Gasteiger partial charge in [-0.3, -0.25) is 4.79 Å². The van der Waals surface area contributed by atoms with Crippen LogP contribution < -0.4 is 10.9 Å². The molecule has 0 bridgehead atoms. The molecule has 4 nitrogen and oxygen atoms in total. The van der Waals surface area contributed by atoms with E-state index in [1.54, 1.807) is 6.07 Å². The van der Waals surface area contributed by atoms with E-state index in [1.165, 1.54) is 12.0 Å². The van der Waals surface area contributed by atoms with Gasteiger partial charge in [-0.15, -0.1) is 13.2 Å². The van der Waals surface area contributed by atoms with Gasteiger partial charge in [0.15, 0.2) is 5.82 Å². The lowest BCUT2D eigenvalue weighted by Crippen LogP contribution is -2.13. The van der Waals surface area contributed by atoms with Crippen LogP contribution in [0.15, 0.2) is 53.9 Å². The summed E-state index contributed by atoms with van der Waals surface area (Å²) in [6.07, 6.45) is 3.35. The molecule has 0 atom stereocenters. The molecule has 2 rings (SSSR count). The van der Waals surface area contributed by atoms with Gasteiger partial charge < -0.3 is 5.32 Å². The number of aromatic amines is 1. The summed E-state index contributed by atoms with van der Waals surface area (Å²) in [5, 5.41) is 11.3. The van der Waals surface area contributed by atoms with Gasteiger partial charge in [0.2, 0.25) is 0 Å². The van der Waals surface area contributed by atoms with Crippen LogP contribution in [0, 0.1) is 5.92 Å². The molecule has 0 aliphatic heterocycles. The van der Waals surface area contributed by atoms with Crippen LogP contribution in [0.4, 0.5) is 5.82 Å². The molecule has 4 heteroatoms. The first-order valence-electron chi connectivity index (χ1n) is 8.32. The second-order valence-electron chi connectivity index (χ2n) is 5.74. The van der Waals surface area contributed by atoms with Crippen LogP contribution >= 0.6 is 0 Å². The second kappa shape index (κ2) is 12.1. The summed E-state index contributed by atoms with van der Waals surface area (Å²) in [6, 6.07) is 7.43. The summed E-state index contributed by atoms with van der Waals surface area (Å²) in [5.41, 5.74) is 1.07. The molecule has 1 heterocycles. The highest BCUT2D eigenvalue weighted by Crippen LogP contribution is 2.16. The molecule has 0 amide bonds. The summed E-state index contributed by atoms with van der Waals surface area (Å²) < 4.78 is 0. The number of nitrogens with zero attached hydrogens (tertiary/aromatic N) is 1. The topological polar surface area (TPSA) is 57.8 Å². The Morgan fingerprint density at radius 1 is 1.29 bits per heavy atom. The van der Waals surface area contributed by atoms with Crippen LogP contribution in [0.25, 0.3) is 10.8 Å². The maximum Gasteiger partial charge on any atom is 0.272 e. The fourth-order valence-corrected chi connectivity index (χ4v) is 1.57. The number of fused-ring (bicyclic) bond motifs is 1. The van der Waals surface area contributed by atoms with Crippen molar-refractivity contribution in [2.45, 2.75) is 41.0 Å². The Hall–Kier alpha value is -2.36. The van der Waals surface area contributed by atoms with Gasteiger partial charge in [0.1, 0.15) is 0 Å². The Labute approximate surface area is 145 Å². The first-order valence-corrected chi connectivity index (χ1v) is 8.32. The van der Waals surface area contributed by atoms with E-state index >= 15 is 0 Å². The maximum atomic E-state index is 11.6. The van der Waals surface area contributed by atoms with E-state index in [0.29, 0.717) is 11.2 Å². The van der Waals surface area contributed by atoms with Crippen LogP contribution in [-0.2, 0) is 0 Å². The highest BCUT2D eigenvalue weighted by atomic mass is 16.1. The van der Waals surface area contributed by atoms with Gasteiger partial charge >= 0.3 is 0 Å². The molecule has 0 radical (unpaired) electrons. The van der Waals surface area contributed by atoms with E-state index in [4.69, 9.17) is 0 Å². The average Bonchev–Trinajstić information content (AvgIpc) is 2.63. The molecule has 0 saturated heterocycles. The highest BCUT2D eigenvalue weighted by molar-refractivity contribution is 5.90. The molecule has 0 aliphatic rings. The van der Waals surface area contributed by atoms with Crippen LogP contribution in [0.5, 0.6) is 0 Å². The number of rotatable bonds is 4. The number of benzene rings is 1. The third kappa shape index (κ3) is 7.27. The van der Waals surface area contributed by atoms with Crippen molar-refractivity contribution >= 4 is 16.6 Å². The Bertz CT molecular complexity index is 687. The number of allylic oxidation sites excluding steroid dienone is 1. The van der Waals surface area contributed by atoms with Gasteiger partial charge in [0.05, 0.1) is 5.39 Å². The molecule has 0 aliphatic carbocycles. The quantitative estimate of drug-likeness (QED) is 0.762. The van der Waals surface area contributed by atoms with E-state index in [0.717, 1.165) is 17.8 Å². The predicted molar refractivity (Wildman–Crippen MR) is 107 cm³/mol. The predicted octanol–water partition coefficient (Wildman–Crippen LogP) is 5.16. The smallest absolute Gasteiger partial charge is 0.272 e. The minimum Gasteiger partial charge on any atom is -0.364 e. The van der Waals surface area contributed by atoms with Gasteiger partial charge in [-0.25, -0.2) is 5.10 Å². The fourth-order valence-electron chi connectivity index (χ4n) is 1.57. The van der Waals surface area contributed by atoms with E-state index in [1.807, 2.05) is 38.1 Å². The largest absolute Gasteiger partial charge is 0.364 e. The highest BCUT2D eigenvalue weighted by Gasteiger charge is 2.04. The standard InChI is InChI=1S/C13H15N3O.C5H12.C2H4/c1-3-9(2)8-14-12-10-6-4-5-7-11(10)13(17)16-15-12;1-4-5(2)3;1-2/h3-7H,8H2,1-2H3,(H,14,15)(H,16,17);5H,4H2,1-3H3;1-2H2/b9-3+;;. The first kappa shape index (κ1) is 21.6. The van der Waals surface area contributed by atoms with Gasteiger partial charge in [0.25, 0.3) is 5.56 Å². The third-order valence-corrected chi connectivity index (χ3v) is 3.54. The second-order valence-corrected chi connectivity index (χ2v) is 5.74. The molecule has 0 fully saturated rings. The summed E-state index contributed by atoms with van der Waals surface area (Å²) in [7, 11) is 0. The molecule has 0 saturated carbocycles. The summed E-state index contributed by atoms with van der Waals surface area (Å²) in [6.45, 7) is 17.4. The Balaban J connectivity index is 0.000000650. The SMILES string of the molecule is C/C=C(\C)CNc1n[nH]c(=O)c2ccccc12.C=C.CCC(C)C. The van der Waals surface area contributed by atoms with E-state index in [9.17, 15) is 4.79 Å². The van der Waals surface area contributed by atoms with Crippen molar-refractivity contribution in [2.24, 2.45) is 5.92 Å². The van der Waals surface area contributed by atoms with Crippen molar-refractivity contribution in [3.8, 4) is 0 Å². The molecule has 1 aromatic heterocycles. The van der Waals surface area contributed by atoms with Gasteiger partial charge in [-0.05, 0) is 25.8 Å². The Morgan fingerprint density at radius 2 is 1.83 bits per heavy atom. The number of hydrogen-bond donors (Lipinski definition) is 2. The lowest BCUT2D eigenvalue weighted by Gasteiger charge is -2.07. The zero-order chi connectivity index (χ0) is 18.5. The van der Waals surface area contributed by atoms with E-state index in [-0.39, 0.29) is 5.56 Å². The molecule has 2 N–H and O–H groups in total. The monoisotopic (exact) mass is 329 g/mol. The molecular formula is C20H31N3O. The first-order chi connectivity index (χ1) is 11.5. The number of nitrogens with one attached hydrogen (secondary N) is 2. The van der Waals surface area contributed by atoms with Crippen LogP contribution in [0.3, 0.4) is 0 Å². The molecule has 132 valence electrons. The number of hydrogen-bond acceptors (Lipinski definition) is 3. The van der Waals surface area contributed by atoms with Crippen molar-refractivity contribution in [1.29, 1.82) is 0 Å². The zero-order valence-electron chi connectivity index (χ0n) is 15.6. The Kier molecular flexibility index (Phi) is 10.9. The van der Waals surface area contributed by atoms with Crippen molar-refractivity contribution in [2.75, 3.05) is 11.9 Å². The molecule has 0 unspecified atom stereocenters. The van der Waals surface area contributed by atoms with E-state index in [2.05, 4.69) is 49.4 Å². The molecular weight excluding hydrogens is 298 g/mol. The van der Waals surface area contributed by atoms with Crippen LogP contribution in [0.1, 0.15) is 41.0 Å². The summed E-state index contributed by atoms with van der Waals surface area (Å²) in [5.74, 6) is 1.59. The zero-order valence-corrected chi connectivity index (χ0v) is 15.6. The van der Waals surface area contributed by atoms with E-state index < -0.39 is 0 Å². The molecule has 2 aromatic rings. The minimum atomic E-state index is -0.158. The lowest BCUT2D eigenvalue weighted by atomic mass is 10.2. The third-order valence-electron chi connectivity index (χ3n) is 3.54. The van der Waals surface area contributed by atoms with Gasteiger partial charge in [-0.2, -0.15) is 5.10 Å². The molecule has 1 aromatic carbocycles. The van der Waals surface area contributed by atoms with Crippen molar-refractivity contribution in [3.63, 3.8) is 0 Å². The van der Waals surface area contributed by atoms with Gasteiger partial charge in [0, 0.05) is 11.9 Å². The van der Waals surface area contributed by atoms with Crippen molar-refractivity contribution < 1.29 is 0 Å². The minimum absolute atomic E-state index is 0.158. The number of aromatic nitrogens is 2. The van der Waals surface area contributed by atoms with Crippen molar-refractivity contribution in [1.82, 2.24) is 10.2 Å². The normalized spacial score (nSPS) is 10.5. The molecule has 24 heavy (non-hydrogen) atoms. The number of anilines is 1.